The number of halogens is 1. The molecule has 0 saturated carbocycles. The summed E-state index contributed by atoms with van der Waals surface area (Å²) in [5, 5.41) is 33.4. The highest BCUT2D eigenvalue weighted by molar-refractivity contribution is 6.31. The molecule has 7 rings (SSSR count). The van der Waals surface area contributed by atoms with Gasteiger partial charge in [0.1, 0.15) is 18.4 Å². The molecule has 3 aromatic carbocycles. The Hall–Kier alpha value is -7.93. The molecule has 10 amide bonds. The first-order valence-corrected chi connectivity index (χ1v) is 25.8. The first-order chi connectivity index (χ1) is 37.4. The van der Waals surface area contributed by atoms with Gasteiger partial charge in [0.05, 0.1) is 24.9 Å². The second kappa shape index (κ2) is 27.4. The number of aliphatic hydroxyl groups excluding tert-OH is 1. The van der Waals surface area contributed by atoms with Gasteiger partial charge in [-0.25, -0.2) is 14.4 Å². The molecule has 4 unspecified atom stereocenters. The molecule has 4 heterocycles. The van der Waals surface area contributed by atoms with Crippen molar-refractivity contribution in [3.8, 4) is 5.75 Å². The van der Waals surface area contributed by atoms with E-state index in [4.69, 9.17) is 30.5 Å². The van der Waals surface area contributed by atoms with Crippen LogP contribution in [0.5, 0.6) is 5.75 Å². The van der Waals surface area contributed by atoms with Gasteiger partial charge < -0.3 is 60.2 Å². The molecule has 24 nitrogen and oxygen atoms in total. The molecular formula is C53H61ClN8O16. The van der Waals surface area contributed by atoms with Crippen molar-refractivity contribution in [3.05, 3.63) is 105 Å². The molecule has 4 aliphatic heterocycles. The average molecular weight is 1100 g/mol. The fourth-order valence-corrected chi connectivity index (χ4v) is 9.16. The van der Waals surface area contributed by atoms with E-state index in [1.165, 1.54) is 41.1 Å². The highest BCUT2D eigenvalue weighted by Crippen LogP contribution is 2.30. The molecule has 3 aromatic rings. The summed E-state index contributed by atoms with van der Waals surface area (Å²) in [6.45, 7) is 1.07. The first-order valence-electron chi connectivity index (χ1n) is 25.4. The van der Waals surface area contributed by atoms with Crippen LogP contribution in [0.15, 0.2) is 66.7 Å². The number of carbonyl (C=O) groups is 10. The first kappa shape index (κ1) is 57.8. The topological polar surface area (TPSA) is 318 Å². The van der Waals surface area contributed by atoms with E-state index in [0.717, 1.165) is 21.6 Å². The number of ether oxygens (including phenoxy) is 4. The molecule has 78 heavy (non-hydrogen) atoms. The Morgan fingerprint density at radius 3 is 2.41 bits per heavy atom. The zero-order valence-electron chi connectivity index (χ0n) is 42.7. The van der Waals surface area contributed by atoms with Gasteiger partial charge in [0.2, 0.25) is 24.0 Å². The molecule has 4 aliphatic rings. The van der Waals surface area contributed by atoms with Gasteiger partial charge in [-0.2, -0.15) is 0 Å². The quantitative estimate of drug-likeness (QED) is 0.0474. The fourth-order valence-electron chi connectivity index (χ4n) is 8.88. The molecule has 7 N–H and O–H groups in total. The van der Waals surface area contributed by atoms with Gasteiger partial charge in [0, 0.05) is 100 Å². The lowest BCUT2D eigenvalue weighted by atomic mass is 10.0. The third kappa shape index (κ3) is 16.1. The highest BCUT2D eigenvalue weighted by atomic mass is 35.5. The lowest BCUT2D eigenvalue weighted by Gasteiger charge is -2.31. The Morgan fingerprint density at radius 2 is 1.65 bits per heavy atom. The minimum atomic E-state index is -1.33. The Morgan fingerprint density at radius 1 is 0.885 bits per heavy atom. The van der Waals surface area contributed by atoms with Gasteiger partial charge in [-0.15, -0.1) is 0 Å². The zero-order valence-corrected chi connectivity index (χ0v) is 43.5. The normalized spacial score (nSPS) is 18.8. The number of unbranched alkanes of at least 4 members (excludes halogenated alkanes) is 2. The van der Waals surface area contributed by atoms with E-state index in [-0.39, 0.29) is 132 Å². The van der Waals surface area contributed by atoms with E-state index in [2.05, 4.69) is 26.6 Å². The van der Waals surface area contributed by atoms with Crippen LogP contribution in [-0.4, -0.2) is 155 Å². The number of aliphatic hydroxyl groups is 1. The van der Waals surface area contributed by atoms with E-state index in [1.807, 2.05) is 0 Å². The van der Waals surface area contributed by atoms with Crippen molar-refractivity contribution in [1.82, 2.24) is 36.0 Å². The zero-order chi connectivity index (χ0) is 55.9. The van der Waals surface area contributed by atoms with Crippen molar-refractivity contribution in [2.75, 3.05) is 51.8 Å². The van der Waals surface area contributed by atoms with Crippen LogP contribution in [-0.2, 0) is 69.1 Å². The smallest absolute Gasteiger partial charge is 0.409 e. The minimum absolute atomic E-state index is 0.00291. The number of likely N-dealkylation sites (N-methyl/N-ethyl adjacent to an activating group) is 1. The summed E-state index contributed by atoms with van der Waals surface area (Å²) in [5.74, 6) is -4.01. The molecule has 0 radical (unpaired) electrons. The summed E-state index contributed by atoms with van der Waals surface area (Å²) < 4.78 is 22.7. The van der Waals surface area contributed by atoms with Crippen molar-refractivity contribution in [3.63, 3.8) is 0 Å². The van der Waals surface area contributed by atoms with Gasteiger partial charge in [-0.1, -0.05) is 42.3 Å². The van der Waals surface area contributed by atoms with E-state index >= 15 is 0 Å². The number of piperidine rings is 1. The van der Waals surface area contributed by atoms with Crippen molar-refractivity contribution in [1.29, 1.82) is 0 Å². The Bertz CT molecular complexity index is 2810. The van der Waals surface area contributed by atoms with Crippen LogP contribution < -0.4 is 31.3 Å². The number of nitrogens with zero attached hydrogens (tertiary/aromatic N) is 3. The molecule has 416 valence electrons. The number of aliphatic carboxylic acids is 1. The van der Waals surface area contributed by atoms with Crippen LogP contribution >= 0.6 is 11.6 Å². The van der Waals surface area contributed by atoms with E-state index < -0.39 is 54.4 Å². The number of amides is 10. The number of carboxylic acids is 1. The maximum atomic E-state index is 13.5. The van der Waals surface area contributed by atoms with Gasteiger partial charge >= 0.3 is 18.1 Å². The molecule has 2 saturated heterocycles. The largest absolute Gasteiger partial charge is 0.479 e. The predicted octanol–water partition coefficient (Wildman–Crippen LogP) is 2.91. The SMILES string of the molecule is CN(CCOCCc1ccc(NC(=O)NCc2ccc3c(c2)CN(C2CCC(=O)NC2=O)C3=O)cc1Cl)C(=O)OCc1ccc(OC2CC(O)CC(C(=O)O)O2)c(C(=O)NCCNC(=O)CCCCCN2C(=O)C=CC2=O)c1. The number of rotatable bonds is 25. The van der Waals surface area contributed by atoms with Crippen molar-refractivity contribution >= 4 is 76.7 Å². The number of anilines is 1. The van der Waals surface area contributed by atoms with Crippen molar-refractivity contribution < 1.29 is 77.1 Å². The van der Waals surface area contributed by atoms with Crippen LogP contribution in [0.2, 0.25) is 5.02 Å². The van der Waals surface area contributed by atoms with Crippen LogP contribution in [0, 0.1) is 0 Å². The maximum Gasteiger partial charge on any atom is 0.409 e. The number of imide groups is 2. The Kier molecular flexibility index (Phi) is 20.3. The third-order valence-electron chi connectivity index (χ3n) is 13.1. The molecule has 0 aliphatic carbocycles. The van der Waals surface area contributed by atoms with E-state index in [9.17, 15) is 58.2 Å². The summed E-state index contributed by atoms with van der Waals surface area (Å²) in [7, 11) is 1.52. The van der Waals surface area contributed by atoms with Crippen molar-refractivity contribution in [2.45, 2.75) is 102 Å². The lowest BCUT2D eigenvalue weighted by molar-refractivity contribution is -0.195. The number of nitrogens with one attached hydrogen (secondary N) is 5. The van der Waals surface area contributed by atoms with Crippen LogP contribution in [0.25, 0.3) is 0 Å². The van der Waals surface area contributed by atoms with Crippen LogP contribution in [0.4, 0.5) is 15.3 Å². The standard InChI is InChI=1S/C53H61ClN8O16/c1-60(20-22-75-21-16-33-8-9-35(25-39(33)54)58-52(73)57-28-31-6-10-37-34(23-31)29-62(50(37)70)40-11-13-44(65)59-49(40)69)53(74)76-30-32-7-12-41(77-47-27-36(63)26-42(78-47)51(71)72)38(24-32)48(68)56-18-17-55-43(64)5-3-2-4-19-61-45(66)14-15-46(61)67/h6-10,12,14-15,23-25,36,40,42,47,63H,2-5,11,13,16-22,26-30H2,1H3,(H,55,64)(H,56,68)(H,71,72)(H2,57,58,73)(H,59,65,69). The molecular weight excluding hydrogens is 1040 g/mol. The number of urea groups is 1. The summed E-state index contributed by atoms with van der Waals surface area (Å²) >= 11 is 6.54. The number of carboxylic acid groups (broad SMARTS) is 1. The van der Waals surface area contributed by atoms with Gasteiger partial charge in [-0.05, 0) is 78.3 Å². The number of fused-ring (bicyclic) bond motifs is 1. The molecule has 0 aromatic heterocycles. The Labute approximate surface area is 453 Å². The lowest BCUT2D eigenvalue weighted by Crippen LogP contribution is -2.52. The van der Waals surface area contributed by atoms with E-state index in [0.29, 0.717) is 47.5 Å². The summed E-state index contributed by atoms with van der Waals surface area (Å²) in [4.78, 5) is 128. The average Bonchev–Trinajstić information content (AvgIpc) is 3.93. The van der Waals surface area contributed by atoms with Gasteiger partial charge in [0.15, 0.2) is 6.10 Å². The minimum Gasteiger partial charge on any atom is -0.479 e. The second-order valence-corrected chi connectivity index (χ2v) is 19.3. The maximum absolute atomic E-state index is 13.5. The van der Waals surface area contributed by atoms with E-state index in [1.54, 1.807) is 42.5 Å². The summed E-state index contributed by atoms with van der Waals surface area (Å²) in [6.07, 6.45) is 0.701. The molecule has 0 spiro atoms. The summed E-state index contributed by atoms with van der Waals surface area (Å²) in [6, 6.07) is 13.4. The third-order valence-corrected chi connectivity index (χ3v) is 13.5. The number of carbonyl (C=O) groups excluding carboxylic acids is 9. The monoisotopic (exact) mass is 1100 g/mol. The highest BCUT2D eigenvalue weighted by Gasteiger charge is 2.39. The van der Waals surface area contributed by atoms with Crippen LogP contribution in [0.1, 0.15) is 94.3 Å². The van der Waals surface area contributed by atoms with Gasteiger partial charge in [0.25, 0.3) is 23.6 Å². The summed E-state index contributed by atoms with van der Waals surface area (Å²) in [5.41, 5.74) is 3.52. The molecule has 2 fully saturated rings. The van der Waals surface area contributed by atoms with Crippen molar-refractivity contribution in [2.24, 2.45) is 0 Å². The molecule has 0 bridgehead atoms. The van der Waals surface area contributed by atoms with Crippen LogP contribution in [0.3, 0.4) is 0 Å². The second-order valence-electron chi connectivity index (χ2n) is 18.9. The fraction of sp³-hybridized carbons (Fsp3) is 0.434. The predicted molar refractivity (Wildman–Crippen MR) is 275 cm³/mol. The molecule has 4 atom stereocenters. The number of hydrogen-bond acceptors (Lipinski definition) is 15. The number of benzene rings is 3. The molecule has 25 heteroatoms. The van der Waals surface area contributed by atoms with Gasteiger partial charge in [-0.3, -0.25) is 43.8 Å². The number of hydrogen-bond donors (Lipinski definition) is 7. The Balaban J connectivity index is 0.809.